The summed E-state index contributed by atoms with van der Waals surface area (Å²) in [5.41, 5.74) is 0. The van der Waals surface area contributed by atoms with Crippen molar-refractivity contribution in [1.29, 1.82) is 0 Å². The van der Waals surface area contributed by atoms with Crippen LogP contribution in [0.25, 0.3) is 0 Å². The predicted molar refractivity (Wildman–Crippen MR) is 21.6 cm³/mol. The Morgan fingerprint density at radius 2 is 1.88 bits per heavy atom. The monoisotopic (exact) mass is 316 g/mol. The summed E-state index contributed by atoms with van der Waals surface area (Å²) in [4.78, 5) is 0. The van der Waals surface area contributed by atoms with E-state index in [4.69, 9.17) is 0 Å². The molecule has 0 spiro atoms. The summed E-state index contributed by atoms with van der Waals surface area (Å²) in [6.45, 7) is 0. The van der Waals surface area contributed by atoms with Gasteiger partial charge in [-0.2, -0.15) is 6.08 Å². The Morgan fingerprint density at radius 3 is 2.00 bits per heavy atom. The van der Waals surface area contributed by atoms with Crippen LogP contribution in [-0.4, -0.2) is 0 Å². The molecule has 0 saturated heterocycles. The quantitative estimate of drug-likeness (QED) is 0.394. The average Bonchev–Trinajstić information content (AvgIpc) is 1.76. The zero-order chi connectivity index (χ0) is 3.54. The van der Waals surface area contributed by atoms with Gasteiger partial charge in [0.15, 0.2) is 0 Å². The van der Waals surface area contributed by atoms with E-state index in [1.165, 1.54) is 0 Å². The Hall–Kier alpha value is 0.800. The summed E-state index contributed by atoms with van der Waals surface area (Å²) in [5, 5.41) is 0. The fraction of sp³-hybridized carbons (Fsp3) is 0.200. The first-order chi connectivity index (χ1) is 2.50. The van der Waals surface area contributed by atoms with Crippen LogP contribution in [0.15, 0.2) is 18.2 Å². The molecule has 8 heavy (non-hydrogen) atoms. The maximum atomic E-state index is 2.99. The molecule has 45 valence electrons. The van der Waals surface area contributed by atoms with Crippen molar-refractivity contribution >= 4 is 0 Å². The second kappa shape index (κ2) is 10.7. The minimum absolute atomic E-state index is 0. The van der Waals surface area contributed by atoms with E-state index in [2.05, 4.69) is 12.2 Å². The third-order valence-corrected chi connectivity index (χ3v) is 0.586. The molecule has 0 bridgehead atoms. The van der Waals surface area contributed by atoms with Crippen molar-refractivity contribution in [2.75, 3.05) is 0 Å². The average molecular weight is 317 g/mol. The van der Waals surface area contributed by atoms with Gasteiger partial charge in [-0.15, -0.1) is 6.42 Å². The summed E-state index contributed by atoms with van der Waals surface area (Å²) in [5.74, 6) is 0. The molecule has 0 atom stereocenters. The first-order valence-electron chi connectivity index (χ1n) is 1.72. The molecule has 0 unspecified atom stereocenters. The zero-order valence-electron chi connectivity index (χ0n) is 4.14. The molecule has 0 amide bonds. The SMILES string of the molecule is [C-]1=CC=CC1.[Cl-].[Cl-].[Ta+2]. The van der Waals surface area contributed by atoms with Crippen molar-refractivity contribution in [3.05, 3.63) is 24.3 Å². The van der Waals surface area contributed by atoms with E-state index in [1.54, 1.807) is 0 Å². The van der Waals surface area contributed by atoms with Gasteiger partial charge in [0, 0.05) is 0 Å². The molecule has 0 fully saturated rings. The van der Waals surface area contributed by atoms with E-state index in [0.29, 0.717) is 0 Å². The molecule has 1 aliphatic rings. The van der Waals surface area contributed by atoms with Gasteiger partial charge in [-0.1, -0.05) is 0 Å². The first-order valence-corrected chi connectivity index (χ1v) is 1.72. The Bertz CT molecular complexity index is 68.5. The van der Waals surface area contributed by atoms with Gasteiger partial charge in [0.1, 0.15) is 0 Å². The largest absolute Gasteiger partial charge is 2.00 e. The summed E-state index contributed by atoms with van der Waals surface area (Å²) in [6.07, 6.45) is 10.0. The summed E-state index contributed by atoms with van der Waals surface area (Å²) < 4.78 is 0. The van der Waals surface area contributed by atoms with Crippen molar-refractivity contribution in [1.82, 2.24) is 0 Å². The number of halogens is 2. The van der Waals surface area contributed by atoms with Gasteiger partial charge < -0.3 is 24.8 Å². The van der Waals surface area contributed by atoms with Gasteiger partial charge >= 0.3 is 22.4 Å². The fourth-order valence-electron chi connectivity index (χ4n) is 0.340. The van der Waals surface area contributed by atoms with Crippen LogP contribution in [0.1, 0.15) is 6.42 Å². The van der Waals surface area contributed by atoms with Crippen LogP contribution in [0.4, 0.5) is 0 Å². The molecular weight excluding hydrogens is 312 g/mol. The Labute approximate surface area is 77.8 Å². The minimum atomic E-state index is 0. The Kier molecular flexibility index (Phi) is 21.3. The van der Waals surface area contributed by atoms with Crippen LogP contribution in [-0.2, 0) is 22.4 Å². The number of hydrogen-bond donors (Lipinski definition) is 0. The van der Waals surface area contributed by atoms with Crippen LogP contribution in [0.5, 0.6) is 0 Å². The fourth-order valence-corrected chi connectivity index (χ4v) is 0.340. The van der Waals surface area contributed by atoms with Crippen molar-refractivity contribution in [3.8, 4) is 0 Å². The van der Waals surface area contributed by atoms with E-state index in [-0.39, 0.29) is 47.2 Å². The number of rotatable bonds is 0. The Balaban J connectivity index is -0.0000000833. The van der Waals surface area contributed by atoms with Gasteiger partial charge in [0.25, 0.3) is 0 Å². The third-order valence-electron chi connectivity index (χ3n) is 0.586. The standard InChI is InChI=1S/C5H5.2ClH.Ta/c1-2-4-5-3-1;;;/h1-3H,4H2;2*1H;/q-1;;;+2/p-2. The number of hydrogen-bond acceptors (Lipinski definition) is 0. The van der Waals surface area contributed by atoms with Gasteiger partial charge in [-0.05, 0) is 0 Å². The maximum absolute atomic E-state index is 2.99. The molecule has 1 aliphatic carbocycles. The molecule has 0 saturated carbocycles. The second-order valence-corrected chi connectivity index (χ2v) is 1.00. The van der Waals surface area contributed by atoms with Crippen molar-refractivity contribution in [2.45, 2.75) is 6.42 Å². The third kappa shape index (κ3) is 6.80. The molecule has 0 heterocycles. The van der Waals surface area contributed by atoms with Gasteiger partial charge in [-0.3, -0.25) is 6.08 Å². The molecule has 1 rings (SSSR count). The van der Waals surface area contributed by atoms with Crippen LogP contribution in [0.3, 0.4) is 0 Å². The first kappa shape index (κ1) is 15.9. The van der Waals surface area contributed by atoms with E-state index in [1.807, 2.05) is 12.2 Å². The molecule has 0 N–H and O–H groups in total. The molecule has 0 aromatic rings. The van der Waals surface area contributed by atoms with Gasteiger partial charge in [-0.25, -0.2) is 12.2 Å². The van der Waals surface area contributed by atoms with E-state index >= 15 is 0 Å². The van der Waals surface area contributed by atoms with Gasteiger partial charge in [0.2, 0.25) is 0 Å². The molecule has 0 aliphatic heterocycles. The molecule has 3 heteroatoms. The van der Waals surface area contributed by atoms with Crippen LogP contribution < -0.4 is 24.8 Å². The molecule has 0 aromatic carbocycles. The molecule has 0 aromatic heterocycles. The van der Waals surface area contributed by atoms with Crippen molar-refractivity contribution < 1.29 is 47.2 Å². The van der Waals surface area contributed by atoms with Crippen LogP contribution >= 0.6 is 0 Å². The maximum Gasteiger partial charge on any atom is 2.00 e. The molecular formula is C5H5Cl2Ta-. The number of allylic oxidation sites excluding steroid dienone is 4. The van der Waals surface area contributed by atoms with E-state index < -0.39 is 0 Å². The minimum Gasteiger partial charge on any atom is -1.00 e. The summed E-state index contributed by atoms with van der Waals surface area (Å²) in [6, 6.07) is 0. The van der Waals surface area contributed by atoms with Crippen molar-refractivity contribution in [3.63, 3.8) is 0 Å². The summed E-state index contributed by atoms with van der Waals surface area (Å²) >= 11 is 0. The van der Waals surface area contributed by atoms with Crippen LogP contribution in [0.2, 0.25) is 0 Å². The van der Waals surface area contributed by atoms with Crippen molar-refractivity contribution in [2.24, 2.45) is 0 Å². The van der Waals surface area contributed by atoms with E-state index in [0.717, 1.165) is 6.42 Å². The molecule has 1 radical (unpaired) electrons. The summed E-state index contributed by atoms with van der Waals surface area (Å²) in [7, 11) is 0. The van der Waals surface area contributed by atoms with E-state index in [9.17, 15) is 0 Å². The normalized spacial score (nSPS) is 11.0. The van der Waals surface area contributed by atoms with Gasteiger partial charge in [0.05, 0.1) is 0 Å². The Morgan fingerprint density at radius 1 is 1.25 bits per heavy atom. The second-order valence-electron chi connectivity index (χ2n) is 1.00. The zero-order valence-corrected chi connectivity index (χ0v) is 8.87. The van der Waals surface area contributed by atoms with Crippen LogP contribution in [0, 0.1) is 6.08 Å². The predicted octanol–water partition coefficient (Wildman–Crippen LogP) is -4.69. The molecule has 0 nitrogen and oxygen atoms in total. The smallest absolute Gasteiger partial charge is 1.00 e. The topological polar surface area (TPSA) is 0 Å².